The molecule has 1 atom stereocenters. The third-order valence-corrected chi connectivity index (χ3v) is 5.10. The first-order valence-electron chi connectivity index (χ1n) is 10.3. The fourth-order valence-corrected chi connectivity index (χ4v) is 3.63. The summed E-state index contributed by atoms with van der Waals surface area (Å²) < 4.78 is 10.8. The largest absolute Gasteiger partial charge is 0.497 e. The van der Waals surface area contributed by atoms with Crippen molar-refractivity contribution in [3.05, 3.63) is 54.1 Å². The van der Waals surface area contributed by atoms with Crippen LogP contribution >= 0.6 is 24.0 Å². The molecule has 1 aliphatic rings. The summed E-state index contributed by atoms with van der Waals surface area (Å²) in [4.78, 5) is 7.14. The van der Waals surface area contributed by atoms with Crippen LogP contribution in [0.3, 0.4) is 0 Å². The average molecular weight is 524 g/mol. The number of nitrogens with zero attached hydrogens (tertiary/aromatic N) is 2. The maximum Gasteiger partial charge on any atom is 0.191 e. The van der Waals surface area contributed by atoms with Crippen LogP contribution in [0.25, 0.3) is 0 Å². The van der Waals surface area contributed by atoms with Crippen LogP contribution in [-0.2, 0) is 6.42 Å². The molecule has 0 aromatic heterocycles. The van der Waals surface area contributed by atoms with E-state index in [2.05, 4.69) is 46.7 Å². The molecule has 0 spiro atoms. The molecule has 1 heterocycles. The maximum atomic E-state index is 5.52. The third kappa shape index (κ3) is 6.68. The maximum absolute atomic E-state index is 5.52. The smallest absolute Gasteiger partial charge is 0.191 e. The molecule has 2 aromatic rings. The predicted molar refractivity (Wildman–Crippen MR) is 135 cm³/mol. The van der Waals surface area contributed by atoms with Gasteiger partial charge in [-0.3, -0.25) is 4.99 Å². The summed E-state index contributed by atoms with van der Waals surface area (Å²) in [7, 11) is 3.42. The second kappa shape index (κ2) is 12.5. The predicted octanol–water partition coefficient (Wildman–Crippen LogP) is 3.70. The van der Waals surface area contributed by atoms with Crippen LogP contribution in [0, 0.1) is 0 Å². The zero-order chi connectivity index (χ0) is 20.5. The van der Waals surface area contributed by atoms with Gasteiger partial charge in [0, 0.05) is 32.2 Å². The second-order valence-corrected chi connectivity index (χ2v) is 7.11. The first-order chi connectivity index (χ1) is 14.2. The molecule has 0 aliphatic carbocycles. The van der Waals surface area contributed by atoms with E-state index in [9.17, 15) is 0 Å². The lowest BCUT2D eigenvalue weighted by atomic mass is 10.1. The van der Waals surface area contributed by atoms with Crippen molar-refractivity contribution < 1.29 is 9.47 Å². The monoisotopic (exact) mass is 524 g/mol. The minimum absolute atomic E-state index is 0. The van der Waals surface area contributed by atoms with E-state index in [4.69, 9.17) is 14.5 Å². The Balaban J connectivity index is 0.00000320. The van der Waals surface area contributed by atoms with E-state index >= 15 is 0 Å². The summed E-state index contributed by atoms with van der Waals surface area (Å²) in [6, 6.07) is 16.7. The van der Waals surface area contributed by atoms with Gasteiger partial charge in [0.1, 0.15) is 11.5 Å². The minimum atomic E-state index is 0. The van der Waals surface area contributed by atoms with Crippen molar-refractivity contribution in [2.24, 2.45) is 4.99 Å². The highest BCUT2D eigenvalue weighted by molar-refractivity contribution is 14.0. The first-order valence-corrected chi connectivity index (χ1v) is 10.3. The Morgan fingerprint density at radius 1 is 1.13 bits per heavy atom. The standard InChI is InChI=1S/C23H32N4O2.HI/c1-4-24-23(25-14-12-18-8-7-9-20(16-18)28-2)26-19-13-15-27(17-19)21-10-5-6-11-22(21)29-3;/h5-11,16,19H,4,12-15,17H2,1-3H3,(H2,24,25,26);1H. The number of nitrogens with one attached hydrogen (secondary N) is 2. The van der Waals surface area contributed by atoms with Crippen LogP contribution in [-0.4, -0.2) is 52.4 Å². The molecule has 1 unspecified atom stereocenters. The Kier molecular flexibility index (Phi) is 10.1. The van der Waals surface area contributed by atoms with Gasteiger partial charge >= 0.3 is 0 Å². The van der Waals surface area contributed by atoms with Gasteiger partial charge in [-0.2, -0.15) is 0 Å². The Hall–Kier alpha value is -2.16. The summed E-state index contributed by atoms with van der Waals surface area (Å²) in [6.07, 6.45) is 1.95. The van der Waals surface area contributed by atoms with Gasteiger partial charge in [-0.1, -0.05) is 24.3 Å². The van der Waals surface area contributed by atoms with Gasteiger partial charge in [0.15, 0.2) is 5.96 Å². The van der Waals surface area contributed by atoms with Crippen LogP contribution in [0.15, 0.2) is 53.5 Å². The number of para-hydroxylation sites is 2. The van der Waals surface area contributed by atoms with Crippen molar-refractivity contribution >= 4 is 35.6 Å². The molecule has 6 nitrogen and oxygen atoms in total. The summed E-state index contributed by atoms with van der Waals surface area (Å²) in [5.41, 5.74) is 2.38. The fraction of sp³-hybridized carbons (Fsp3) is 0.435. The van der Waals surface area contributed by atoms with Crippen molar-refractivity contribution in [2.45, 2.75) is 25.8 Å². The fourth-order valence-electron chi connectivity index (χ4n) is 3.63. The van der Waals surface area contributed by atoms with E-state index < -0.39 is 0 Å². The molecule has 0 radical (unpaired) electrons. The topological polar surface area (TPSA) is 58.1 Å². The number of methoxy groups -OCH3 is 2. The van der Waals surface area contributed by atoms with Crippen molar-refractivity contribution in [3.63, 3.8) is 0 Å². The minimum Gasteiger partial charge on any atom is -0.497 e. The molecular formula is C23H33IN4O2. The Morgan fingerprint density at radius 2 is 1.97 bits per heavy atom. The lowest BCUT2D eigenvalue weighted by Gasteiger charge is -2.22. The zero-order valence-electron chi connectivity index (χ0n) is 18.1. The first kappa shape index (κ1) is 24.1. The number of anilines is 1. The van der Waals surface area contributed by atoms with Crippen molar-refractivity contribution in [1.29, 1.82) is 0 Å². The average Bonchev–Trinajstić information content (AvgIpc) is 3.22. The van der Waals surface area contributed by atoms with Gasteiger partial charge < -0.3 is 25.0 Å². The highest BCUT2D eigenvalue weighted by Gasteiger charge is 2.25. The molecule has 0 bridgehead atoms. The number of benzene rings is 2. The SMILES string of the molecule is CCNC(=NCCc1cccc(OC)c1)NC1CCN(c2ccccc2OC)C1.I. The van der Waals surface area contributed by atoms with E-state index in [1.165, 1.54) is 5.56 Å². The Bertz CT molecular complexity index is 815. The zero-order valence-corrected chi connectivity index (χ0v) is 20.4. The van der Waals surface area contributed by atoms with Gasteiger partial charge in [-0.15, -0.1) is 24.0 Å². The molecule has 0 amide bonds. The lowest BCUT2D eigenvalue weighted by molar-refractivity contribution is 0.414. The molecule has 2 N–H and O–H groups in total. The van der Waals surface area contributed by atoms with Crippen molar-refractivity contribution in [1.82, 2.24) is 10.6 Å². The number of aliphatic imine (C=N–C) groups is 1. The van der Waals surface area contributed by atoms with Gasteiger partial charge in [0.05, 0.1) is 19.9 Å². The molecule has 1 saturated heterocycles. The molecule has 0 saturated carbocycles. The highest BCUT2D eigenvalue weighted by Crippen LogP contribution is 2.30. The summed E-state index contributed by atoms with van der Waals surface area (Å²) >= 11 is 0. The molecule has 3 rings (SSSR count). The van der Waals surface area contributed by atoms with Crippen LogP contribution in [0.4, 0.5) is 5.69 Å². The third-order valence-electron chi connectivity index (χ3n) is 5.10. The number of hydrogen-bond acceptors (Lipinski definition) is 4. The normalized spacial score (nSPS) is 16.0. The van der Waals surface area contributed by atoms with Gasteiger partial charge in [-0.25, -0.2) is 0 Å². The molecule has 164 valence electrons. The van der Waals surface area contributed by atoms with E-state index in [-0.39, 0.29) is 24.0 Å². The number of rotatable bonds is 8. The second-order valence-electron chi connectivity index (χ2n) is 7.11. The Morgan fingerprint density at radius 3 is 2.73 bits per heavy atom. The van der Waals surface area contributed by atoms with Crippen molar-refractivity contribution in [2.75, 3.05) is 45.3 Å². The molecule has 7 heteroatoms. The van der Waals surface area contributed by atoms with Crippen LogP contribution in [0.1, 0.15) is 18.9 Å². The van der Waals surface area contributed by atoms with Gasteiger partial charge in [0.2, 0.25) is 0 Å². The number of halogens is 1. The van der Waals surface area contributed by atoms with Gasteiger partial charge in [0.25, 0.3) is 0 Å². The summed E-state index contributed by atoms with van der Waals surface area (Å²) in [5, 5.41) is 6.96. The van der Waals surface area contributed by atoms with Crippen LogP contribution < -0.4 is 25.0 Å². The quantitative estimate of drug-likeness (QED) is 0.314. The van der Waals surface area contributed by atoms with Crippen LogP contribution in [0.5, 0.6) is 11.5 Å². The number of hydrogen-bond donors (Lipinski definition) is 2. The highest BCUT2D eigenvalue weighted by atomic mass is 127. The molecule has 1 fully saturated rings. The van der Waals surface area contributed by atoms with E-state index in [0.29, 0.717) is 6.04 Å². The summed E-state index contributed by atoms with van der Waals surface area (Å²) in [5.74, 6) is 2.69. The molecular weight excluding hydrogens is 491 g/mol. The van der Waals surface area contributed by atoms with E-state index in [1.807, 2.05) is 24.3 Å². The Labute approximate surface area is 197 Å². The van der Waals surface area contributed by atoms with Crippen molar-refractivity contribution in [3.8, 4) is 11.5 Å². The molecule has 1 aliphatic heterocycles. The molecule has 2 aromatic carbocycles. The van der Waals surface area contributed by atoms with E-state index in [0.717, 1.165) is 62.2 Å². The number of guanidine groups is 1. The molecule has 30 heavy (non-hydrogen) atoms. The summed E-state index contributed by atoms with van der Waals surface area (Å²) in [6.45, 7) is 5.59. The van der Waals surface area contributed by atoms with Gasteiger partial charge in [-0.05, 0) is 49.6 Å². The lowest BCUT2D eigenvalue weighted by Crippen LogP contribution is -2.44. The van der Waals surface area contributed by atoms with Crippen LogP contribution in [0.2, 0.25) is 0 Å². The van der Waals surface area contributed by atoms with E-state index in [1.54, 1.807) is 14.2 Å². The number of ether oxygens (including phenoxy) is 2.